The Kier molecular flexibility index (Phi) is 5.58. The first kappa shape index (κ1) is 16.3. The number of benzene rings is 1. The van der Waals surface area contributed by atoms with Gasteiger partial charge >= 0.3 is 12.0 Å². The van der Waals surface area contributed by atoms with E-state index in [1.54, 1.807) is 6.92 Å². The molecule has 0 aliphatic carbocycles. The van der Waals surface area contributed by atoms with Crippen molar-refractivity contribution >= 4 is 23.6 Å². The first-order valence-corrected chi connectivity index (χ1v) is 5.89. The molecule has 0 bridgehead atoms. The van der Waals surface area contributed by atoms with Crippen LogP contribution in [0.5, 0.6) is 0 Å². The Morgan fingerprint density at radius 1 is 1.14 bits per heavy atom. The number of hydrogen-bond acceptors (Lipinski definition) is 3. The number of hydrogen-bond donors (Lipinski definition) is 4. The summed E-state index contributed by atoms with van der Waals surface area (Å²) in [6, 6.07) is 0.0739. The molecule has 1 aromatic rings. The first-order chi connectivity index (χ1) is 9.85. The van der Waals surface area contributed by atoms with Gasteiger partial charge in [-0.15, -0.1) is 0 Å². The summed E-state index contributed by atoms with van der Waals surface area (Å²) in [6.45, 7) is 1.74. The van der Waals surface area contributed by atoms with Crippen molar-refractivity contribution in [1.29, 1.82) is 0 Å². The second-order valence-corrected chi connectivity index (χ2v) is 3.88. The molecule has 0 aromatic heterocycles. The number of carboxylic acid groups (broad SMARTS) is 1. The van der Waals surface area contributed by atoms with Gasteiger partial charge in [0.1, 0.15) is 11.6 Å². The van der Waals surface area contributed by atoms with Crippen molar-refractivity contribution in [2.45, 2.75) is 6.92 Å². The number of carbonyl (C=O) groups excluding carboxylic acids is 2. The highest BCUT2D eigenvalue weighted by molar-refractivity contribution is 5.94. The van der Waals surface area contributed by atoms with E-state index in [0.717, 1.165) is 0 Å². The molecular formula is C12H13F2N3O4. The predicted molar refractivity (Wildman–Crippen MR) is 69.0 cm³/mol. The summed E-state index contributed by atoms with van der Waals surface area (Å²) in [6.07, 6.45) is 0. The van der Waals surface area contributed by atoms with Crippen LogP contribution in [0.25, 0.3) is 0 Å². The Morgan fingerprint density at radius 2 is 1.81 bits per heavy atom. The van der Waals surface area contributed by atoms with E-state index >= 15 is 0 Å². The average Bonchev–Trinajstić information content (AvgIpc) is 2.39. The van der Waals surface area contributed by atoms with E-state index in [1.165, 1.54) is 0 Å². The first-order valence-electron chi connectivity index (χ1n) is 5.89. The van der Waals surface area contributed by atoms with Gasteiger partial charge in [-0.25, -0.2) is 18.4 Å². The molecule has 0 radical (unpaired) electrons. The van der Waals surface area contributed by atoms with Crippen molar-refractivity contribution in [3.05, 3.63) is 29.3 Å². The largest absolute Gasteiger partial charge is 0.478 e. The molecule has 0 aliphatic heterocycles. The number of likely N-dealkylation sites (N-methyl/N-ethyl adjacent to an activating group) is 1. The van der Waals surface area contributed by atoms with Crippen LogP contribution < -0.4 is 16.0 Å². The second kappa shape index (κ2) is 7.17. The van der Waals surface area contributed by atoms with E-state index in [2.05, 4.69) is 10.6 Å². The number of anilines is 1. The zero-order chi connectivity index (χ0) is 16.0. The minimum absolute atomic E-state index is 0.339. The van der Waals surface area contributed by atoms with Crippen molar-refractivity contribution in [1.82, 2.24) is 10.6 Å². The van der Waals surface area contributed by atoms with Crippen LogP contribution in [0, 0.1) is 11.6 Å². The maximum Gasteiger partial charge on any atom is 0.338 e. The third-order valence-corrected chi connectivity index (χ3v) is 2.32. The third kappa shape index (κ3) is 4.71. The lowest BCUT2D eigenvalue weighted by Gasteiger charge is -2.09. The van der Waals surface area contributed by atoms with Gasteiger partial charge in [-0.1, -0.05) is 0 Å². The normalized spacial score (nSPS) is 9.86. The van der Waals surface area contributed by atoms with E-state index in [9.17, 15) is 23.2 Å². The summed E-state index contributed by atoms with van der Waals surface area (Å²) in [5, 5.41) is 15.3. The molecule has 0 spiro atoms. The van der Waals surface area contributed by atoms with E-state index in [1.807, 2.05) is 5.32 Å². The molecule has 21 heavy (non-hydrogen) atoms. The highest BCUT2D eigenvalue weighted by Crippen LogP contribution is 2.19. The van der Waals surface area contributed by atoms with Crippen molar-refractivity contribution in [2.24, 2.45) is 0 Å². The van der Waals surface area contributed by atoms with Gasteiger partial charge in [-0.05, 0) is 13.0 Å². The fraction of sp³-hybridized carbons (Fsp3) is 0.250. The summed E-state index contributed by atoms with van der Waals surface area (Å²) in [7, 11) is 0. The van der Waals surface area contributed by atoms with E-state index < -0.39 is 40.8 Å². The summed E-state index contributed by atoms with van der Waals surface area (Å²) < 4.78 is 26.6. The summed E-state index contributed by atoms with van der Waals surface area (Å²) in [5.41, 5.74) is -1.29. The molecule has 0 heterocycles. The van der Waals surface area contributed by atoms with Crippen LogP contribution in [-0.2, 0) is 4.79 Å². The third-order valence-electron chi connectivity index (χ3n) is 2.32. The van der Waals surface area contributed by atoms with Gasteiger partial charge in [-0.2, -0.15) is 0 Å². The van der Waals surface area contributed by atoms with Crippen LogP contribution in [0.15, 0.2) is 12.1 Å². The van der Waals surface area contributed by atoms with Gasteiger partial charge in [0, 0.05) is 12.6 Å². The molecule has 1 rings (SSSR count). The van der Waals surface area contributed by atoms with Crippen LogP contribution in [-0.4, -0.2) is 36.1 Å². The average molecular weight is 301 g/mol. The van der Waals surface area contributed by atoms with Crippen LogP contribution in [0.2, 0.25) is 0 Å². The second-order valence-electron chi connectivity index (χ2n) is 3.88. The number of halogens is 2. The van der Waals surface area contributed by atoms with Gasteiger partial charge in [0.15, 0.2) is 0 Å². The van der Waals surface area contributed by atoms with Gasteiger partial charge in [-0.3, -0.25) is 4.79 Å². The molecule has 0 fully saturated rings. The van der Waals surface area contributed by atoms with Gasteiger partial charge in [0.2, 0.25) is 5.91 Å². The molecule has 1 aromatic carbocycles. The predicted octanol–water partition coefficient (Wildman–Crippen LogP) is 0.921. The molecule has 4 N–H and O–H groups in total. The van der Waals surface area contributed by atoms with Crippen LogP contribution in [0.3, 0.4) is 0 Å². The van der Waals surface area contributed by atoms with Crippen molar-refractivity contribution < 1.29 is 28.3 Å². The van der Waals surface area contributed by atoms with E-state index in [-0.39, 0.29) is 6.54 Å². The summed E-state index contributed by atoms with van der Waals surface area (Å²) >= 11 is 0. The number of carbonyl (C=O) groups is 3. The van der Waals surface area contributed by atoms with Crippen molar-refractivity contribution in [3.8, 4) is 0 Å². The van der Waals surface area contributed by atoms with Gasteiger partial charge in [0.05, 0.1) is 17.8 Å². The maximum atomic E-state index is 13.4. The lowest BCUT2D eigenvalue weighted by molar-refractivity contribution is -0.119. The van der Waals surface area contributed by atoms with E-state index in [0.29, 0.717) is 18.7 Å². The maximum absolute atomic E-state index is 13.4. The lowest BCUT2D eigenvalue weighted by atomic mass is 10.2. The van der Waals surface area contributed by atoms with Crippen LogP contribution in [0.4, 0.5) is 19.3 Å². The van der Waals surface area contributed by atoms with Gasteiger partial charge in [0.25, 0.3) is 0 Å². The molecule has 9 heteroatoms. The Hall–Kier alpha value is -2.71. The highest BCUT2D eigenvalue weighted by atomic mass is 19.1. The molecule has 0 atom stereocenters. The minimum atomic E-state index is -1.60. The number of amides is 3. The molecule has 0 unspecified atom stereocenters. The Labute approximate surface area is 118 Å². The summed E-state index contributed by atoms with van der Waals surface area (Å²) in [4.78, 5) is 33.2. The topological polar surface area (TPSA) is 108 Å². The lowest BCUT2D eigenvalue weighted by Crippen LogP contribution is -2.38. The monoisotopic (exact) mass is 301 g/mol. The number of rotatable bonds is 5. The Bertz CT molecular complexity index is 578. The SMILES string of the molecule is CCNC(=O)CNC(=O)Nc1cc(C(=O)O)c(F)cc1F. The molecule has 7 nitrogen and oxygen atoms in total. The molecule has 0 aliphatic rings. The fourth-order valence-corrected chi connectivity index (χ4v) is 1.40. The van der Waals surface area contributed by atoms with Gasteiger partial charge < -0.3 is 21.1 Å². The molecule has 0 saturated heterocycles. The molecule has 3 amide bonds. The Balaban J connectivity index is 2.74. The quantitative estimate of drug-likeness (QED) is 0.648. The fourth-order valence-electron chi connectivity index (χ4n) is 1.40. The minimum Gasteiger partial charge on any atom is -0.478 e. The van der Waals surface area contributed by atoms with Crippen molar-refractivity contribution in [2.75, 3.05) is 18.4 Å². The number of nitrogens with one attached hydrogen (secondary N) is 3. The molecular weight excluding hydrogens is 288 g/mol. The zero-order valence-corrected chi connectivity index (χ0v) is 11.0. The van der Waals surface area contributed by atoms with E-state index in [4.69, 9.17) is 5.11 Å². The molecule has 114 valence electrons. The van der Waals surface area contributed by atoms with Crippen LogP contribution in [0.1, 0.15) is 17.3 Å². The smallest absolute Gasteiger partial charge is 0.338 e. The Morgan fingerprint density at radius 3 is 2.38 bits per heavy atom. The summed E-state index contributed by atoms with van der Waals surface area (Å²) in [5.74, 6) is -4.43. The zero-order valence-electron chi connectivity index (χ0n) is 11.0. The molecule has 0 saturated carbocycles. The number of carboxylic acids is 1. The number of aromatic carboxylic acids is 1. The highest BCUT2D eigenvalue weighted by Gasteiger charge is 2.16. The van der Waals surface area contributed by atoms with Crippen molar-refractivity contribution in [3.63, 3.8) is 0 Å². The number of urea groups is 1. The standard InChI is InChI=1S/C12H13F2N3O4/c1-2-15-10(18)5-16-12(21)17-9-3-6(11(19)20)7(13)4-8(9)14/h3-4H,2,5H2,1H3,(H,15,18)(H,19,20)(H2,16,17,21). The van der Waals surface area contributed by atoms with Crippen LogP contribution >= 0.6 is 0 Å².